The van der Waals surface area contributed by atoms with Gasteiger partial charge in [0.2, 0.25) is 5.91 Å². The Balaban J connectivity index is 1.69. The molecule has 2 N–H and O–H groups in total. The summed E-state index contributed by atoms with van der Waals surface area (Å²) in [5.74, 6) is 0.257. The molecule has 2 heterocycles. The summed E-state index contributed by atoms with van der Waals surface area (Å²) in [5, 5.41) is 12.2. The van der Waals surface area contributed by atoms with Crippen LogP contribution in [0.1, 0.15) is 16.5 Å². The van der Waals surface area contributed by atoms with Crippen molar-refractivity contribution >= 4 is 29.0 Å². The van der Waals surface area contributed by atoms with Crippen molar-refractivity contribution in [2.75, 3.05) is 5.75 Å². The van der Waals surface area contributed by atoms with E-state index in [1.807, 2.05) is 47.8 Å². The largest absolute Gasteiger partial charge is 0.344 e. The first-order valence-corrected chi connectivity index (χ1v) is 8.55. The molecule has 112 valence electrons. The zero-order valence-electron chi connectivity index (χ0n) is 11.6. The third-order valence-electron chi connectivity index (χ3n) is 3.00. The maximum atomic E-state index is 12.2. The molecule has 22 heavy (non-hydrogen) atoms. The number of hydrogen-bond donors (Lipinski definition) is 2. The van der Waals surface area contributed by atoms with Crippen LogP contribution in [0.5, 0.6) is 0 Å². The number of carbonyl (C=O) groups excluding carboxylic acids is 1. The van der Waals surface area contributed by atoms with Gasteiger partial charge in [-0.1, -0.05) is 48.2 Å². The smallest absolute Gasteiger partial charge is 0.231 e. The minimum Gasteiger partial charge on any atom is -0.344 e. The van der Waals surface area contributed by atoms with Crippen LogP contribution in [0.4, 0.5) is 0 Å². The number of nitrogens with one attached hydrogen (secondary N) is 2. The number of aromatic nitrogens is 3. The van der Waals surface area contributed by atoms with Crippen molar-refractivity contribution in [3.63, 3.8) is 0 Å². The van der Waals surface area contributed by atoms with E-state index < -0.39 is 0 Å². The molecule has 1 atom stereocenters. The molecule has 2 aromatic heterocycles. The molecule has 0 aliphatic rings. The van der Waals surface area contributed by atoms with Gasteiger partial charge < -0.3 is 5.32 Å². The first-order valence-electron chi connectivity index (χ1n) is 6.69. The first-order chi connectivity index (χ1) is 10.8. The Hall–Kier alpha value is -2.12. The maximum absolute atomic E-state index is 12.2. The minimum atomic E-state index is -0.121. The maximum Gasteiger partial charge on any atom is 0.231 e. The Morgan fingerprint density at radius 2 is 2.14 bits per heavy atom. The van der Waals surface area contributed by atoms with Crippen molar-refractivity contribution in [3.8, 4) is 0 Å². The van der Waals surface area contributed by atoms with Gasteiger partial charge >= 0.3 is 0 Å². The fraction of sp³-hybridized carbons (Fsp3) is 0.133. The number of thiophene rings is 1. The van der Waals surface area contributed by atoms with Crippen LogP contribution in [0.2, 0.25) is 0 Å². The molecule has 1 amide bonds. The number of hydrogen-bond acceptors (Lipinski definition) is 5. The zero-order chi connectivity index (χ0) is 15.2. The molecule has 0 saturated heterocycles. The van der Waals surface area contributed by atoms with E-state index in [9.17, 15) is 4.79 Å². The lowest BCUT2D eigenvalue weighted by Gasteiger charge is -2.17. The lowest BCUT2D eigenvalue weighted by atomic mass is 10.1. The molecule has 0 radical (unpaired) electrons. The molecular formula is C15H14N4OS2. The van der Waals surface area contributed by atoms with E-state index >= 15 is 0 Å². The number of thioether (sulfide) groups is 1. The highest BCUT2D eigenvalue weighted by Crippen LogP contribution is 2.26. The van der Waals surface area contributed by atoms with Gasteiger partial charge in [0.25, 0.3) is 0 Å². The standard InChI is InChI=1S/C15H14N4OS2/c20-13(9-22-15-16-10-17-19-15)18-14(12-7-4-8-21-12)11-5-2-1-3-6-11/h1-8,10,14H,9H2,(H,18,20)(H,16,17,19). The fourth-order valence-corrected chi connectivity index (χ4v) is 3.41. The van der Waals surface area contributed by atoms with E-state index in [4.69, 9.17) is 0 Å². The van der Waals surface area contributed by atoms with Crippen LogP contribution in [-0.4, -0.2) is 26.8 Å². The van der Waals surface area contributed by atoms with Gasteiger partial charge in [-0.25, -0.2) is 4.98 Å². The highest BCUT2D eigenvalue weighted by molar-refractivity contribution is 7.99. The molecule has 0 fully saturated rings. The van der Waals surface area contributed by atoms with E-state index in [1.54, 1.807) is 11.3 Å². The summed E-state index contributed by atoms with van der Waals surface area (Å²) in [7, 11) is 0. The highest BCUT2D eigenvalue weighted by Gasteiger charge is 2.17. The molecule has 0 aliphatic carbocycles. The van der Waals surface area contributed by atoms with Gasteiger partial charge in [0, 0.05) is 4.88 Å². The first kappa shape index (κ1) is 14.8. The topological polar surface area (TPSA) is 70.7 Å². The molecule has 5 nitrogen and oxygen atoms in total. The minimum absolute atomic E-state index is 0.0383. The summed E-state index contributed by atoms with van der Waals surface area (Å²) >= 11 is 2.97. The average Bonchev–Trinajstić information content (AvgIpc) is 3.25. The van der Waals surface area contributed by atoms with Crippen molar-refractivity contribution in [2.24, 2.45) is 0 Å². The summed E-state index contributed by atoms with van der Waals surface area (Å²) in [6.07, 6.45) is 1.43. The van der Waals surface area contributed by atoms with Crippen molar-refractivity contribution in [1.29, 1.82) is 0 Å². The molecule has 1 aromatic carbocycles. The van der Waals surface area contributed by atoms with Crippen LogP contribution in [-0.2, 0) is 4.79 Å². The van der Waals surface area contributed by atoms with E-state index in [-0.39, 0.29) is 11.9 Å². The van der Waals surface area contributed by atoms with Crippen molar-refractivity contribution < 1.29 is 4.79 Å². The Bertz CT molecular complexity index is 698. The van der Waals surface area contributed by atoms with Gasteiger partial charge in [0.15, 0.2) is 5.16 Å². The molecular weight excluding hydrogens is 316 g/mol. The van der Waals surface area contributed by atoms with Gasteiger partial charge in [-0.05, 0) is 17.0 Å². The quantitative estimate of drug-likeness (QED) is 0.682. The highest BCUT2D eigenvalue weighted by atomic mass is 32.2. The van der Waals surface area contributed by atoms with Crippen LogP contribution in [0.25, 0.3) is 0 Å². The normalized spacial score (nSPS) is 12.0. The van der Waals surface area contributed by atoms with Crippen molar-refractivity contribution in [1.82, 2.24) is 20.5 Å². The van der Waals surface area contributed by atoms with Gasteiger partial charge in [0.1, 0.15) is 6.33 Å². The molecule has 0 bridgehead atoms. The molecule has 0 aliphatic heterocycles. The lowest BCUT2D eigenvalue weighted by Crippen LogP contribution is -2.30. The molecule has 3 aromatic rings. The second kappa shape index (κ2) is 7.24. The van der Waals surface area contributed by atoms with Gasteiger partial charge in [-0.3, -0.25) is 9.89 Å². The van der Waals surface area contributed by atoms with E-state index in [2.05, 4.69) is 20.5 Å². The predicted molar refractivity (Wildman–Crippen MR) is 87.9 cm³/mol. The molecule has 0 spiro atoms. The Morgan fingerprint density at radius 1 is 1.27 bits per heavy atom. The van der Waals surface area contributed by atoms with E-state index in [0.717, 1.165) is 10.4 Å². The van der Waals surface area contributed by atoms with Crippen LogP contribution in [0.15, 0.2) is 59.3 Å². The Kier molecular flexibility index (Phi) is 4.87. The molecule has 0 saturated carbocycles. The summed E-state index contributed by atoms with van der Waals surface area (Å²) in [6.45, 7) is 0. The number of benzene rings is 1. The van der Waals surface area contributed by atoms with Crippen LogP contribution in [0.3, 0.4) is 0 Å². The second-order valence-electron chi connectivity index (χ2n) is 4.51. The van der Waals surface area contributed by atoms with Gasteiger partial charge in [-0.2, -0.15) is 5.10 Å². The molecule has 1 unspecified atom stereocenters. The number of aromatic amines is 1. The number of H-pyrrole nitrogens is 1. The number of rotatable bonds is 6. The van der Waals surface area contributed by atoms with Gasteiger partial charge in [0.05, 0.1) is 11.8 Å². The zero-order valence-corrected chi connectivity index (χ0v) is 13.2. The third kappa shape index (κ3) is 3.75. The fourth-order valence-electron chi connectivity index (χ4n) is 2.02. The SMILES string of the molecule is O=C(CSc1ncn[nH]1)NC(c1ccccc1)c1cccs1. The number of nitrogens with zero attached hydrogens (tertiary/aromatic N) is 2. The lowest BCUT2D eigenvalue weighted by molar-refractivity contribution is -0.119. The number of amides is 1. The monoisotopic (exact) mass is 330 g/mol. The van der Waals surface area contributed by atoms with E-state index in [1.165, 1.54) is 18.1 Å². The molecule has 3 rings (SSSR count). The number of carbonyl (C=O) groups is 1. The van der Waals surface area contributed by atoms with Crippen LogP contribution < -0.4 is 5.32 Å². The Morgan fingerprint density at radius 3 is 2.82 bits per heavy atom. The van der Waals surface area contributed by atoms with E-state index in [0.29, 0.717) is 10.9 Å². The third-order valence-corrected chi connectivity index (χ3v) is 4.81. The Labute approximate surface area is 136 Å². The van der Waals surface area contributed by atoms with Crippen molar-refractivity contribution in [2.45, 2.75) is 11.2 Å². The summed E-state index contributed by atoms with van der Waals surface area (Å²) in [6, 6.07) is 13.9. The van der Waals surface area contributed by atoms with Crippen LogP contribution in [0, 0.1) is 0 Å². The van der Waals surface area contributed by atoms with Gasteiger partial charge in [-0.15, -0.1) is 11.3 Å². The summed E-state index contributed by atoms with van der Waals surface area (Å²) in [4.78, 5) is 17.3. The second-order valence-corrected chi connectivity index (χ2v) is 6.45. The average molecular weight is 330 g/mol. The van der Waals surface area contributed by atoms with Crippen molar-refractivity contribution in [3.05, 3.63) is 64.6 Å². The predicted octanol–water partition coefficient (Wildman–Crippen LogP) is 2.86. The van der Waals surface area contributed by atoms with Crippen LogP contribution >= 0.6 is 23.1 Å². The molecule has 7 heteroatoms. The summed E-state index contributed by atoms with van der Waals surface area (Å²) < 4.78 is 0. The summed E-state index contributed by atoms with van der Waals surface area (Å²) in [5.41, 5.74) is 1.07.